The van der Waals surface area contributed by atoms with Gasteiger partial charge in [-0.05, 0) is 91.5 Å². The van der Waals surface area contributed by atoms with Crippen LogP contribution in [-0.2, 0) is 9.59 Å². The van der Waals surface area contributed by atoms with Crippen molar-refractivity contribution >= 4 is 23.4 Å². The van der Waals surface area contributed by atoms with Crippen LogP contribution in [0.1, 0.15) is 47.2 Å². The molecule has 2 fully saturated rings. The van der Waals surface area contributed by atoms with Gasteiger partial charge in [0, 0.05) is 35.0 Å². The molecule has 2 saturated carbocycles. The summed E-state index contributed by atoms with van der Waals surface area (Å²) in [6.45, 7) is 0.169. The quantitative estimate of drug-likeness (QED) is 0.179. The number of anilines is 1. The molecule has 7 N–H and O–H groups in total. The topological polar surface area (TPSA) is 146 Å². The van der Waals surface area contributed by atoms with E-state index in [1.807, 2.05) is 24.3 Å². The first-order valence-corrected chi connectivity index (χ1v) is 12.7. The Labute approximate surface area is 221 Å². The predicted molar refractivity (Wildman–Crippen MR) is 143 cm³/mol. The highest BCUT2D eigenvalue weighted by Gasteiger charge is 2.39. The summed E-state index contributed by atoms with van der Waals surface area (Å²) < 4.78 is 0. The zero-order valence-electron chi connectivity index (χ0n) is 20.9. The molecule has 2 bridgehead atoms. The highest BCUT2D eigenvalue weighted by Crippen LogP contribution is 2.44. The second-order valence-electron chi connectivity index (χ2n) is 9.60. The SMILES string of the molecule is NC[C@H](NC(=O)c1ccc(C#CC#Cc2ccc(NC(=O)CN[C@@H]3CC4CC[C@@H]3C4)cc2)cc1)C(=O)NO. The normalized spacial score (nSPS) is 19.8. The predicted octanol–water partition coefficient (Wildman–Crippen LogP) is 1.37. The van der Waals surface area contributed by atoms with E-state index in [2.05, 4.69) is 39.6 Å². The van der Waals surface area contributed by atoms with E-state index in [1.54, 1.807) is 24.3 Å². The van der Waals surface area contributed by atoms with Crippen molar-refractivity contribution in [3.05, 3.63) is 65.2 Å². The fraction of sp³-hybridized carbons (Fsp3) is 0.345. The second-order valence-corrected chi connectivity index (χ2v) is 9.60. The molecule has 1 unspecified atom stereocenters. The van der Waals surface area contributed by atoms with Crippen LogP contribution in [0.15, 0.2) is 48.5 Å². The average molecular weight is 514 g/mol. The van der Waals surface area contributed by atoms with E-state index < -0.39 is 17.9 Å². The Morgan fingerprint density at radius 3 is 2.16 bits per heavy atom. The first-order valence-electron chi connectivity index (χ1n) is 12.7. The zero-order chi connectivity index (χ0) is 26.9. The van der Waals surface area contributed by atoms with Crippen LogP contribution >= 0.6 is 0 Å². The van der Waals surface area contributed by atoms with Gasteiger partial charge in [-0.2, -0.15) is 0 Å². The molecular formula is C29H31N5O4. The van der Waals surface area contributed by atoms with Crippen molar-refractivity contribution in [1.29, 1.82) is 0 Å². The van der Waals surface area contributed by atoms with E-state index in [-0.39, 0.29) is 12.5 Å². The minimum absolute atomic E-state index is 0.0455. The first-order chi connectivity index (χ1) is 18.4. The van der Waals surface area contributed by atoms with Gasteiger partial charge in [0.25, 0.3) is 11.8 Å². The molecule has 2 aliphatic carbocycles. The van der Waals surface area contributed by atoms with E-state index in [0.717, 1.165) is 23.1 Å². The molecule has 2 aliphatic rings. The number of nitrogens with two attached hydrogens (primary N) is 1. The summed E-state index contributed by atoms with van der Waals surface area (Å²) in [7, 11) is 0. The van der Waals surface area contributed by atoms with Crippen molar-refractivity contribution in [2.45, 2.75) is 37.8 Å². The third kappa shape index (κ3) is 7.21. The fourth-order valence-corrected chi connectivity index (χ4v) is 5.02. The molecule has 0 aromatic heterocycles. The molecule has 0 heterocycles. The number of rotatable bonds is 8. The number of nitrogens with one attached hydrogen (secondary N) is 4. The Morgan fingerprint density at radius 1 is 0.947 bits per heavy atom. The highest BCUT2D eigenvalue weighted by molar-refractivity contribution is 5.97. The van der Waals surface area contributed by atoms with Crippen molar-refractivity contribution in [3.8, 4) is 23.7 Å². The molecule has 9 nitrogen and oxygen atoms in total. The van der Waals surface area contributed by atoms with Crippen molar-refractivity contribution in [1.82, 2.24) is 16.1 Å². The minimum Gasteiger partial charge on any atom is -0.339 e. The third-order valence-electron chi connectivity index (χ3n) is 7.02. The number of hydrogen-bond donors (Lipinski definition) is 6. The van der Waals surface area contributed by atoms with Crippen molar-refractivity contribution in [3.63, 3.8) is 0 Å². The molecule has 9 heteroatoms. The van der Waals surface area contributed by atoms with E-state index in [1.165, 1.54) is 31.2 Å². The summed E-state index contributed by atoms with van der Waals surface area (Å²) in [4.78, 5) is 36.0. The Kier molecular flexibility index (Phi) is 9.12. The van der Waals surface area contributed by atoms with Gasteiger partial charge in [0.15, 0.2) is 0 Å². The van der Waals surface area contributed by atoms with Crippen LogP contribution in [0.3, 0.4) is 0 Å². The Bertz CT molecular complexity index is 1280. The lowest BCUT2D eigenvalue weighted by Crippen LogP contribution is -2.50. The molecule has 4 rings (SSSR count). The van der Waals surface area contributed by atoms with Gasteiger partial charge < -0.3 is 21.7 Å². The molecule has 4 atom stereocenters. The zero-order valence-corrected chi connectivity index (χ0v) is 20.9. The summed E-state index contributed by atoms with van der Waals surface area (Å²) in [6, 6.07) is 13.2. The summed E-state index contributed by atoms with van der Waals surface area (Å²) >= 11 is 0. The first kappa shape index (κ1) is 26.9. The van der Waals surface area contributed by atoms with E-state index in [9.17, 15) is 14.4 Å². The Hall–Kier alpha value is -4.15. The lowest BCUT2D eigenvalue weighted by molar-refractivity contribution is -0.130. The van der Waals surface area contributed by atoms with Gasteiger partial charge in [-0.15, -0.1) is 0 Å². The average Bonchev–Trinajstić information content (AvgIpc) is 3.57. The van der Waals surface area contributed by atoms with Gasteiger partial charge in [0.05, 0.1) is 6.54 Å². The van der Waals surface area contributed by atoms with Gasteiger partial charge in [0.2, 0.25) is 5.91 Å². The molecule has 3 amide bonds. The summed E-state index contributed by atoms with van der Waals surface area (Å²) in [6.07, 6.45) is 5.13. The van der Waals surface area contributed by atoms with Gasteiger partial charge >= 0.3 is 0 Å². The highest BCUT2D eigenvalue weighted by atomic mass is 16.5. The molecule has 0 aliphatic heterocycles. The summed E-state index contributed by atoms with van der Waals surface area (Å²) in [5, 5.41) is 17.5. The van der Waals surface area contributed by atoms with Crippen LogP contribution in [0.5, 0.6) is 0 Å². The van der Waals surface area contributed by atoms with Gasteiger partial charge in [-0.3, -0.25) is 19.6 Å². The van der Waals surface area contributed by atoms with Gasteiger partial charge in [0.1, 0.15) is 6.04 Å². The van der Waals surface area contributed by atoms with Crippen molar-refractivity contribution < 1.29 is 19.6 Å². The molecule has 38 heavy (non-hydrogen) atoms. The molecule has 0 spiro atoms. The van der Waals surface area contributed by atoms with Crippen LogP contribution in [0, 0.1) is 35.5 Å². The van der Waals surface area contributed by atoms with Crippen LogP contribution < -0.4 is 27.2 Å². The van der Waals surface area contributed by atoms with Gasteiger partial charge in [-0.25, -0.2) is 5.48 Å². The number of carbonyl (C=O) groups excluding carboxylic acids is 3. The number of hydrogen-bond acceptors (Lipinski definition) is 6. The maximum Gasteiger partial charge on any atom is 0.267 e. The minimum atomic E-state index is -1.04. The molecular weight excluding hydrogens is 482 g/mol. The maximum absolute atomic E-state index is 12.3. The standard InChI is InChI=1S/C29H31N5O4/c30-17-26(29(37)34-38)33-28(36)22-10-5-19(6-11-22)3-1-2-4-20-8-13-24(14-9-20)32-27(35)18-31-25-16-21-7-12-23(25)15-21/h5-6,8-11,13-14,21,23,25-26,31,38H,7,12,15-18,30H2,(H,32,35)(H,33,36)(H,34,37)/t21?,23-,25-,26+/m1/s1. The number of fused-ring (bicyclic) bond motifs is 2. The lowest BCUT2D eigenvalue weighted by atomic mass is 9.95. The monoisotopic (exact) mass is 513 g/mol. The van der Waals surface area contributed by atoms with Crippen molar-refractivity contribution in [2.24, 2.45) is 17.6 Å². The van der Waals surface area contributed by atoms with E-state index in [0.29, 0.717) is 23.7 Å². The Balaban J connectivity index is 1.23. The molecule has 196 valence electrons. The number of benzene rings is 2. The smallest absolute Gasteiger partial charge is 0.267 e. The molecule has 0 radical (unpaired) electrons. The van der Waals surface area contributed by atoms with E-state index >= 15 is 0 Å². The summed E-state index contributed by atoms with van der Waals surface area (Å²) in [5.74, 6) is 11.7. The van der Waals surface area contributed by atoms with Crippen LogP contribution in [0.4, 0.5) is 5.69 Å². The van der Waals surface area contributed by atoms with Crippen LogP contribution in [0.25, 0.3) is 0 Å². The Morgan fingerprint density at radius 2 is 1.61 bits per heavy atom. The number of carbonyl (C=O) groups is 3. The number of amides is 3. The molecule has 0 saturated heterocycles. The lowest BCUT2D eigenvalue weighted by Gasteiger charge is -2.22. The van der Waals surface area contributed by atoms with E-state index in [4.69, 9.17) is 10.9 Å². The molecule has 2 aromatic rings. The fourth-order valence-electron chi connectivity index (χ4n) is 5.02. The molecule has 2 aromatic carbocycles. The maximum atomic E-state index is 12.3. The third-order valence-corrected chi connectivity index (χ3v) is 7.02. The second kappa shape index (κ2) is 12.9. The van der Waals surface area contributed by atoms with Crippen LogP contribution in [0.2, 0.25) is 0 Å². The number of hydroxylamine groups is 1. The van der Waals surface area contributed by atoms with Crippen molar-refractivity contribution in [2.75, 3.05) is 18.4 Å². The van der Waals surface area contributed by atoms with Crippen LogP contribution in [-0.4, -0.2) is 48.1 Å². The largest absolute Gasteiger partial charge is 0.339 e. The van der Waals surface area contributed by atoms with Gasteiger partial charge in [-0.1, -0.05) is 18.3 Å². The summed E-state index contributed by atoms with van der Waals surface area (Å²) in [5.41, 5.74) is 9.38.